The van der Waals surface area contributed by atoms with E-state index in [0.717, 1.165) is 16.9 Å². The standard InChI is InChI=1S/C27H20ClN3O3S/c1-15-23(17(3)32)16(2)30-24(15)25(33)21(14-29)27-31(20-7-5-4-6-8-20)26(34)22(35-27)13-18-9-11-19(28)12-10-18/h4-13,30H,1-3H3/b22-13-,27-21+. The van der Waals surface area contributed by atoms with Crippen LogP contribution in [-0.2, 0) is 0 Å². The molecule has 0 saturated heterocycles. The van der Waals surface area contributed by atoms with Gasteiger partial charge >= 0.3 is 0 Å². The number of carbonyl (C=O) groups excluding carboxylic acids is 2. The summed E-state index contributed by atoms with van der Waals surface area (Å²) in [5, 5.41) is 10.6. The minimum atomic E-state index is -0.579. The van der Waals surface area contributed by atoms with Crippen LogP contribution in [0.15, 0.2) is 59.4 Å². The van der Waals surface area contributed by atoms with Gasteiger partial charge in [-0.05, 0) is 62.2 Å². The van der Waals surface area contributed by atoms with Crippen molar-refractivity contribution >= 4 is 46.2 Å². The molecule has 0 aliphatic rings. The SMILES string of the molecule is CC(=O)c1c(C)[nH]c(C(=O)/C(C#N)=c2/s/c(=C\c3ccc(Cl)cc3)c(=O)n2-c2ccccc2)c1C. The highest BCUT2D eigenvalue weighted by Gasteiger charge is 2.24. The van der Waals surface area contributed by atoms with Crippen molar-refractivity contribution in [2.45, 2.75) is 20.8 Å². The predicted octanol–water partition coefficient (Wildman–Crippen LogP) is 4.09. The fourth-order valence-electron chi connectivity index (χ4n) is 4.00. The van der Waals surface area contributed by atoms with Gasteiger partial charge in [-0.25, -0.2) is 0 Å². The van der Waals surface area contributed by atoms with E-state index in [2.05, 4.69) is 4.98 Å². The molecular weight excluding hydrogens is 482 g/mol. The van der Waals surface area contributed by atoms with Crippen LogP contribution in [0.4, 0.5) is 0 Å². The van der Waals surface area contributed by atoms with E-state index in [1.165, 1.54) is 11.5 Å². The number of hydrogen-bond acceptors (Lipinski definition) is 5. The second-order valence-electron chi connectivity index (χ2n) is 7.94. The average molecular weight is 502 g/mol. The number of carbonyl (C=O) groups is 2. The second-order valence-corrected chi connectivity index (χ2v) is 9.41. The molecule has 2 aromatic carbocycles. The van der Waals surface area contributed by atoms with Crippen LogP contribution in [0, 0.1) is 25.2 Å². The van der Waals surface area contributed by atoms with Gasteiger partial charge < -0.3 is 4.98 Å². The number of rotatable bonds is 5. The maximum absolute atomic E-state index is 13.5. The lowest BCUT2D eigenvalue weighted by Gasteiger charge is -2.04. The molecule has 2 heterocycles. The number of aromatic nitrogens is 2. The molecule has 35 heavy (non-hydrogen) atoms. The molecule has 2 aromatic heterocycles. The Hall–Kier alpha value is -3.99. The molecule has 0 radical (unpaired) electrons. The largest absolute Gasteiger partial charge is 0.355 e. The maximum atomic E-state index is 13.5. The lowest BCUT2D eigenvalue weighted by atomic mass is 10.0. The van der Waals surface area contributed by atoms with Crippen LogP contribution in [0.3, 0.4) is 0 Å². The number of nitrogens with one attached hydrogen (secondary N) is 1. The quantitative estimate of drug-likeness (QED) is 0.417. The number of nitriles is 1. The highest BCUT2D eigenvalue weighted by atomic mass is 35.5. The second kappa shape index (κ2) is 9.71. The van der Waals surface area contributed by atoms with Gasteiger partial charge in [-0.15, -0.1) is 11.3 Å². The van der Waals surface area contributed by atoms with Crippen molar-refractivity contribution in [3.05, 3.63) is 107 Å². The van der Waals surface area contributed by atoms with E-state index < -0.39 is 5.78 Å². The van der Waals surface area contributed by atoms with E-state index in [1.807, 2.05) is 12.1 Å². The van der Waals surface area contributed by atoms with Crippen LogP contribution in [0.5, 0.6) is 0 Å². The third kappa shape index (κ3) is 4.54. The molecule has 0 bridgehead atoms. The Labute approximate surface area is 210 Å². The number of halogens is 1. The number of benzene rings is 2. The Balaban J connectivity index is 2.05. The van der Waals surface area contributed by atoms with Crippen molar-refractivity contribution in [2.75, 3.05) is 0 Å². The summed E-state index contributed by atoms with van der Waals surface area (Å²) in [6, 6.07) is 17.8. The number of nitrogens with zero attached hydrogens (tertiary/aromatic N) is 2. The fourth-order valence-corrected chi connectivity index (χ4v) is 5.23. The molecule has 174 valence electrons. The molecule has 0 amide bonds. The number of hydrogen-bond donors (Lipinski definition) is 1. The first-order valence-corrected chi connectivity index (χ1v) is 11.9. The van der Waals surface area contributed by atoms with Crippen LogP contribution in [0.2, 0.25) is 5.02 Å². The summed E-state index contributed by atoms with van der Waals surface area (Å²) in [5.41, 5.74) is 2.36. The van der Waals surface area contributed by atoms with E-state index in [0.29, 0.717) is 32.1 Å². The zero-order chi connectivity index (χ0) is 25.3. The Kier molecular flexibility index (Phi) is 6.70. The fraction of sp³-hybridized carbons (Fsp3) is 0.111. The molecule has 0 saturated carbocycles. The minimum absolute atomic E-state index is 0.160. The molecular formula is C27H20ClN3O3S. The van der Waals surface area contributed by atoms with Gasteiger partial charge in [-0.2, -0.15) is 5.26 Å². The Morgan fingerprint density at radius 1 is 1.09 bits per heavy atom. The topological polar surface area (TPSA) is 95.7 Å². The van der Waals surface area contributed by atoms with Crippen molar-refractivity contribution in [1.82, 2.24) is 9.55 Å². The van der Waals surface area contributed by atoms with Crippen molar-refractivity contribution in [3.8, 4) is 11.8 Å². The Bertz CT molecular complexity index is 1690. The number of thiazole rings is 1. The van der Waals surface area contributed by atoms with Gasteiger partial charge in [0.25, 0.3) is 5.56 Å². The predicted molar refractivity (Wildman–Crippen MR) is 138 cm³/mol. The maximum Gasteiger partial charge on any atom is 0.273 e. The third-order valence-electron chi connectivity index (χ3n) is 5.58. The zero-order valence-electron chi connectivity index (χ0n) is 19.2. The van der Waals surface area contributed by atoms with Crippen LogP contribution < -0.4 is 14.8 Å². The molecule has 4 rings (SSSR count). The summed E-state index contributed by atoms with van der Waals surface area (Å²) in [5.74, 6) is -0.754. The number of Topliss-reactive ketones (excluding diaryl/α,β-unsaturated/α-hetero) is 2. The third-order valence-corrected chi connectivity index (χ3v) is 6.92. The van der Waals surface area contributed by atoms with Gasteiger partial charge in [0, 0.05) is 16.3 Å². The summed E-state index contributed by atoms with van der Waals surface area (Å²) in [6.07, 6.45) is 1.70. The lowest BCUT2D eigenvalue weighted by Crippen LogP contribution is -2.31. The van der Waals surface area contributed by atoms with Crippen LogP contribution in [0.25, 0.3) is 17.3 Å². The molecule has 1 N–H and O–H groups in total. The van der Waals surface area contributed by atoms with Gasteiger partial charge in [-0.3, -0.25) is 19.0 Å². The van der Waals surface area contributed by atoms with Gasteiger partial charge in [0.05, 0.1) is 15.9 Å². The van der Waals surface area contributed by atoms with Crippen molar-refractivity contribution in [3.63, 3.8) is 0 Å². The Morgan fingerprint density at radius 2 is 1.74 bits per heavy atom. The van der Waals surface area contributed by atoms with E-state index in [9.17, 15) is 19.6 Å². The zero-order valence-corrected chi connectivity index (χ0v) is 20.8. The van der Waals surface area contributed by atoms with Crippen LogP contribution >= 0.6 is 22.9 Å². The lowest BCUT2D eigenvalue weighted by molar-refractivity contribution is 0.101. The highest BCUT2D eigenvalue weighted by molar-refractivity contribution is 7.07. The van der Waals surface area contributed by atoms with Crippen LogP contribution in [-0.4, -0.2) is 21.1 Å². The summed E-state index contributed by atoms with van der Waals surface area (Å²) in [7, 11) is 0. The number of aryl methyl sites for hydroxylation is 1. The van der Waals surface area contributed by atoms with E-state index in [4.69, 9.17) is 11.6 Å². The molecule has 0 aliphatic carbocycles. The van der Waals surface area contributed by atoms with Crippen LogP contribution in [0.1, 0.15) is 44.6 Å². The summed E-state index contributed by atoms with van der Waals surface area (Å²) in [6.45, 7) is 4.80. The van der Waals surface area contributed by atoms with Crippen molar-refractivity contribution in [2.24, 2.45) is 0 Å². The van der Waals surface area contributed by atoms with Gasteiger partial charge in [0.2, 0.25) is 5.78 Å². The molecule has 6 nitrogen and oxygen atoms in total. The number of ketones is 2. The molecule has 0 unspecified atom stereocenters. The number of H-pyrrole nitrogens is 1. The van der Waals surface area contributed by atoms with Crippen molar-refractivity contribution < 1.29 is 9.59 Å². The smallest absolute Gasteiger partial charge is 0.273 e. The first kappa shape index (κ1) is 24.1. The summed E-state index contributed by atoms with van der Waals surface area (Å²) >= 11 is 7.04. The Morgan fingerprint density at radius 3 is 2.31 bits per heavy atom. The first-order valence-electron chi connectivity index (χ1n) is 10.7. The number of aromatic amines is 1. The first-order chi connectivity index (χ1) is 16.7. The minimum Gasteiger partial charge on any atom is -0.355 e. The summed E-state index contributed by atoms with van der Waals surface area (Å²) < 4.78 is 1.94. The van der Waals surface area contributed by atoms with E-state index >= 15 is 0 Å². The summed E-state index contributed by atoms with van der Waals surface area (Å²) in [4.78, 5) is 42.0. The highest BCUT2D eigenvalue weighted by Crippen LogP contribution is 2.21. The van der Waals surface area contributed by atoms with Gasteiger partial charge in [0.1, 0.15) is 16.3 Å². The van der Waals surface area contributed by atoms with Gasteiger partial charge in [0.15, 0.2) is 5.78 Å². The van der Waals surface area contributed by atoms with Crippen molar-refractivity contribution in [1.29, 1.82) is 5.26 Å². The molecule has 0 aliphatic heterocycles. The molecule has 0 atom stereocenters. The molecule has 0 fully saturated rings. The molecule has 0 spiro atoms. The molecule has 4 aromatic rings. The monoisotopic (exact) mass is 501 g/mol. The van der Waals surface area contributed by atoms with Gasteiger partial charge in [-0.1, -0.05) is 41.9 Å². The van der Waals surface area contributed by atoms with E-state index in [-0.39, 0.29) is 27.3 Å². The average Bonchev–Trinajstić information content (AvgIpc) is 3.31. The molecule has 8 heteroatoms. The van der Waals surface area contributed by atoms with E-state index in [1.54, 1.807) is 68.5 Å². The normalized spacial score (nSPS) is 12.4. The number of para-hydroxylation sites is 1.